The summed E-state index contributed by atoms with van der Waals surface area (Å²) in [7, 11) is 0. The van der Waals surface area contributed by atoms with Gasteiger partial charge in [-0.15, -0.1) is 11.6 Å². The van der Waals surface area contributed by atoms with E-state index >= 15 is 0 Å². The molecule has 0 unspecified atom stereocenters. The van der Waals surface area contributed by atoms with Crippen molar-refractivity contribution in [1.29, 1.82) is 0 Å². The molecule has 0 aliphatic heterocycles. The molecule has 0 bridgehead atoms. The molecular formula is C14H14ClF3N2O. The number of hydrogen-bond donors (Lipinski definition) is 2. The van der Waals surface area contributed by atoms with Gasteiger partial charge in [0.2, 0.25) is 5.91 Å². The predicted molar refractivity (Wildman–Crippen MR) is 76.4 cm³/mol. The Morgan fingerprint density at radius 2 is 1.95 bits per heavy atom. The predicted octanol–water partition coefficient (Wildman–Crippen LogP) is 4.39. The zero-order valence-electron chi connectivity index (χ0n) is 11.4. The van der Waals surface area contributed by atoms with E-state index in [1.54, 1.807) is 19.9 Å². The van der Waals surface area contributed by atoms with Crippen LogP contribution in [0.5, 0.6) is 0 Å². The monoisotopic (exact) mass is 318 g/mol. The highest BCUT2D eigenvalue weighted by atomic mass is 35.5. The third-order valence-electron chi connectivity index (χ3n) is 3.13. The summed E-state index contributed by atoms with van der Waals surface area (Å²) in [6.07, 6.45) is -4.43. The van der Waals surface area contributed by atoms with Crippen molar-refractivity contribution in [3.05, 3.63) is 30.0 Å². The van der Waals surface area contributed by atoms with Crippen LogP contribution in [0.2, 0.25) is 0 Å². The van der Waals surface area contributed by atoms with Crippen molar-refractivity contribution in [2.45, 2.75) is 20.0 Å². The molecule has 7 heteroatoms. The largest absolute Gasteiger partial charge is 0.431 e. The van der Waals surface area contributed by atoms with Gasteiger partial charge < -0.3 is 10.3 Å². The summed E-state index contributed by atoms with van der Waals surface area (Å²) >= 11 is 5.71. The summed E-state index contributed by atoms with van der Waals surface area (Å²) in [6, 6.07) is 5.54. The van der Waals surface area contributed by atoms with Crippen LogP contribution in [0.1, 0.15) is 19.5 Å². The highest BCUT2D eigenvalue weighted by molar-refractivity contribution is 6.20. The Morgan fingerprint density at radius 3 is 2.52 bits per heavy atom. The number of amides is 1. The van der Waals surface area contributed by atoms with E-state index in [1.807, 2.05) is 0 Å². The Balaban J connectivity index is 2.29. The van der Waals surface area contributed by atoms with Gasteiger partial charge in [-0.3, -0.25) is 4.79 Å². The Hall–Kier alpha value is -1.69. The number of aromatic nitrogens is 1. The quantitative estimate of drug-likeness (QED) is 0.810. The second-order valence-electron chi connectivity index (χ2n) is 5.45. The van der Waals surface area contributed by atoms with Gasteiger partial charge in [-0.05, 0) is 38.1 Å². The molecule has 0 aliphatic rings. The maximum atomic E-state index is 12.6. The van der Waals surface area contributed by atoms with Crippen LogP contribution in [-0.2, 0) is 11.0 Å². The molecule has 21 heavy (non-hydrogen) atoms. The van der Waals surface area contributed by atoms with Gasteiger partial charge in [-0.2, -0.15) is 13.2 Å². The molecule has 0 atom stereocenters. The third-order valence-corrected chi connectivity index (χ3v) is 3.80. The maximum absolute atomic E-state index is 12.6. The lowest BCUT2D eigenvalue weighted by molar-refractivity contribution is -0.140. The van der Waals surface area contributed by atoms with Crippen LogP contribution in [0.15, 0.2) is 24.3 Å². The van der Waals surface area contributed by atoms with Gasteiger partial charge in [0.05, 0.1) is 5.41 Å². The van der Waals surface area contributed by atoms with E-state index in [0.717, 1.165) is 6.07 Å². The van der Waals surface area contributed by atoms with E-state index in [9.17, 15) is 18.0 Å². The van der Waals surface area contributed by atoms with Gasteiger partial charge in [-0.25, -0.2) is 0 Å². The van der Waals surface area contributed by atoms with E-state index in [1.165, 1.54) is 12.1 Å². The van der Waals surface area contributed by atoms with Gasteiger partial charge in [0.1, 0.15) is 5.69 Å². The van der Waals surface area contributed by atoms with Crippen molar-refractivity contribution in [3.8, 4) is 0 Å². The van der Waals surface area contributed by atoms with Crippen molar-refractivity contribution in [2.75, 3.05) is 11.2 Å². The molecule has 2 aromatic rings. The molecule has 0 saturated heterocycles. The van der Waals surface area contributed by atoms with E-state index in [-0.39, 0.29) is 11.8 Å². The molecular weight excluding hydrogens is 305 g/mol. The van der Waals surface area contributed by atoms with Crippen LogP contribution in [0.3, 0.4) is 0 Å². The number of carbonyl (C=O) groups is 1. The SMILES string of the molecule is CC(C)(CCl)C(=O)Nc1ccc2[nH]c(C(F)(F)F)cc2c1. The van der Waals surface area contributed by atoms with Crippen LogP contribution in [0, 0.1) is 5.41 Å². The highest BCUT2D eigenvalue weighted by Gasteiger charge is 2.32. The Bertz CT molecular complexity index is 676. The molecule has 114 valence electrons. The highest BCUT2D eigenvalue weighted by Crippen LogP contribution is 2.32. The minimum Gasteiger partial charge on any atom is -0.351 e. The first-order valence-electron chi connectivity index (χ1n) is 6.21. The second-order valence-corrected chi connectivity index (χ2v) is 5.72. The van der Waals surface area contributed by atoms with Crippen LogP contribution in [0.4, 0.5) is 18.9 Å². The number of H-pyrrole nitrogens is 1. The molecule has 1 heterocycles. The average molecular weight is 319 g/mol. The maximum Gasteiger partial charge on any atom is 0.431 e. The fourth-order valence-corrected chi connectivity index (χ4v) is 1.85. The smallest absolute Gasteiger partial charge is 0.351 e. The number of benzene rings is 1. The van der Waals surface area contributed by atoms with Gasteiger partial charge in [0.25, 0.3) is 0 Å². The summed E-state index contributed by atoms with van der Waals surface area (Å²) in [6.45, 7) is 3.37. The summed E-state index contributed by atoms with van der Waals surface area (Å²) in [5, 5.41) is 3.03. The van der Waals surface area contributed by atoms with Gasteiger partial charge in [0.15, 0.2) is 0 Å². The van der Waals surface area contributed by atoms with Gasteiger partial charge in [-0.1, -0.05) is 0 Å². The average Bonchev–Trinajstić information content (AvgIpc) is 2.81. The van der Waals surface area contributed by atoms with Crippen LogP contribution in [0.25, 0.3) is 10.9 Å². The molecule has 0 aliphatic carbocycles. The lowest BCUT2D eigenvalue weighted by Crippen LogP contribution is -2.32. The summed E-state index contributed by atoms with van der Waals surface area (Å²) in [5.41, 5.74) is -0.788. The fourth-order valence-electron chi connectivity index (χ4n) is 1.72. The Kier molecular flexibility index (Phi) is 3.93. The molecule has 0 saturated carbocycles. The van der Waals surface area contributed by atoms with E-state index < -0.39 is 17.3 Å². The minimum absolute atomic E-state index is 0.142. The molecule has 2 rings (SSSR count). The number of halogens is 4. The number of fused-ring (bicyclic) bond motifs is 1. The number of rotatable bonds is 3. The number of hydrogen-bond acceptors (Lipinski definition) is 1. The minimum atomic E-state index is -4.43. The van der Waals surface area contributed by atoms with Crippen molar-refractivity contribution in [3.63, 3.8) is 0 Å². The molecule has 0 fully saturated rings. The number of alkyl halides is 4. The lowest BCUT2D eigenvalue weighted by atomic mass is 9.95. The molecule has 0 radical (unpaired) electrons. The Labute approximate surface area is 124 Å². The molecule has 0 spiro atoms. The van der Waals surface area contributed by atoms with E-state index in [2.05, 4.69) is 10.3 Å². The Morgan fingerprint density at radius 1 is 1.29 bits per heavy atom. The molecule has 3 nitrogen and oxygen atoms in total. The van der Waals surface area contributed by atoms with E-state index in [4.69, 9.17) is 11.6 Å². The summed E-state index contributed by atoms with van der Waals surface area (Å²) in [4.78, 5) is 14.3. The van der Waals surface area contributed by atoms with Gasteiger partial charge >= 0.3 is 6.18 Å². The lowest BCUT2D eigenvalue weighted by Gasteiger charge is -2.20. The number of carbonyl (C=O) groups excluding carboxylic acids is 1. The van der Waals surface area contributed by atoms with Crippen LogP contribution < -0.4 is 5.32 Å². The standard InChI is InChI=1S/C14H14ClF3N2O/c1-13(2,7-15)12(21)19-9-3-4-10-8(5-9)6-11(20-10)14(16,17)18/h3-6,20H,7H2,1-2H3,(H,19,21). The first-order chi connectivity index (χ1) is 9.63. The van der Waals surface area contributed by atoms with Gasteiger partial charge in [0, 0.05) is 22.5 Å². The molecule has 1 aromatic heterocycles. The third kappa shape index (κ3) is 3.32. The zero-order valence-corrected chi connectivity index (χ0v) is 12.2. The number of nitrogens with one attached hydrogen (secondary N) is 2. The van der Waals surface area contributed by atoms with Crippen molar-refractivity contribution < 1.29 is 18.0 Å². The summed E-state index contributed by atoms with van der Waals surface area (Å²) < 4.78 is 37.9. The summed E-state index contributed by atoms with van der Waals surface area (Å²) in [5.74, 6) is -0.146. The number of aromatic amines is 1. The van der Waals surface area contributed by atoms with Crippen molar-refractivity contribution in [2.24, 2.45) is 5.41 Å². The van der Waals surface area contributed by atoms with E-state index in [0.29, 0.717) is 16.6 Å². The second kappa shape index (κ2) is 5.26. The fraction of sp³-hybridized carbons (Fsp3) is 0.357. The number of anilines is 1. The van der Waals surface area contributed by atoms with Crippen LogP contribution >= 0.6 is 11.6 Å². The zero-order chi connectivity index (χ0) is 15.8. The molecule has 2 N–H and O–H groups in total. The molecule has 1 aromatic carbocycles. The topological polar surface area (TPSA) is 44.9 Å². The normalized spacial score (nSPS) is 12.7. The first kappa shape index (κ1) is 15.7. The molecule has 1 amide bonds. The van der Waals surface area contributed by atoms with Crippen molar-refractivity contribution in [1.82, 2.24) is 4.98 Å². The van der Waals surface area contributed by atoms with Crippen LogP contribution in [-0.4, -0.2) is 16.8 Å². The van der Waals surface area contributed by atoms with Crippen molar-refractivity contribution >= 4 is 34.1 Å². The first-order valence-corrected chi connectivity index (χ1v) is 6.74.